The first kappa shape index (κ1) is 13.5. The Labute approximate surface area is 113 Å². The van der Waals surface area contributed by atoms with Crippen molar-refractivity contribution in [2.24, 2.45) is 16.8 Å². The molecule has 2 atom stereocenters. The van der Waals surface area contributed by atoms with Crippen LogP contribution in [0.25, 0.3) is 0 Å². The predicted octanol–water partition coefficient (Wildman–Crippen LogP) is 2.38. The van der Waals surface area contributed by atoms with Gasteiger partial charge in [0, 0.05) is 12.2 Å². The van der Waals surface area contributed by atoms with Crippen LogP contribution in [0.4, 0.5) is 0 Å². The van der Waals surface area contributed by atoms with Gasteiger partial charge in [0.1, 0.15) is 0 Å². The Balaban J connectivity index is 2.49. The van der Waals surface area contributed by atoms with Gasteiger partial charge in [-0.25, -0.2) is 0 Å². The monoisotopic (exact) mass is 268 g/mol. The zero-order valence-corrected chi connectivity index (χ0v) is 11.9. The van der Waals surface area contributed by atoms with E-state index in [1.807, 2.05) is 4.90 Å². The van der Waals surface area contributed by atoms with Crippen molar-refractivity contribution < 1.29 is 9.90 Å². The summed E-state index contributed by atoms with van der Waals surface area (Å²) in [5.74, 6) is -0.755. The summed E-state index contributed by atoms with van der Waals surface area (Å²) in [6.07, 6.45) is 1.50. The van der Waals surface area contributed by atoms with E-state index in [0.717, 1.165) is 12.1 Å². The van der Waals surface area contributed by atoms with Crippen molar-refractivity contribution in [1.29, 1.82) is 0 Å². The molecule has 0 aromatic carbocycles. The third-order valence-electron chi connectivity index (χ3n) is 3.75. The Hall–Kier alpha value is -0.970. The molecule has 1 fully saturated rings. The fourth-order valence-corrected chi connectivity index (χ4v) is 3.25. The molecule has 1 N–H and O–H groups in total. The van der Waals surface area contributed by atoms with Crippen LogP contribution in [0.5, 0.6) is 0 Å². The molecular weight excluding hydrogens is 248 g/mol. The molecule has 18 heavy (non-hydrogen) atoms. The van der Waals surface area contributed by atoms with Gasteiger partial charge in [-0.1, -0.05) is 20.8 Å². The molecule has 100 valence electrons. The second-order valence-electron chi connectivity index (χ2n) is 5.21. The van der Waals surface area contributed by atoms with Crippen LogP contribution >= 0.6 is 12.6 Å². The van der Waals surface area contributed by atoms with Crippen LogP contribution in [0.15, 0.2) is 16.3 Å². The van der Waals surface area contributed by atoms with Crippen LogP contribution in [0.2, 0.25) is 0 Å². The van der Waals surface area contributed by atoms with E-state index in [0.29, 0.717) is 24.1 Å². The number of fused-ring (bicyclic) bond motifs is 1. The number of aliphatic carboxylic acids is 1. The number of amidine groups is 1. The van der Waals surface area contributed by atoms with Gasteiger partial charge in [0.05, 0.1) is 12.0 Å². The Morgan fingerprint density at radius 1 is 1.61 bits per heavy atom. The maximum Gasteiger partial charge on any atom is 0.312 e. The standard InChI is InChI=1S/C13H20N2O2S/c1-4-8-10(7(2)3)14-13(18)15-6-5-9(11(8)15)12(16)17/h7,9-10H,4-6H2,1-3H3,(H,14,18)(H,16,17)/t9?,10-/m0/s1. The summed E-state index contributed by atoms with van der Waals surface area (Å²) in [4.78, 5) is 18.0. The molecule has 0 radical (unpaired) electrons. The van der Waals surface area contributed by atoms with E-state index in [-0.39, 0.29) is 12.0 Å². The number of aliphatic imine (C=N–C) groups is 1. The molecule has 0 spiro atoms. The molecular formula is C13H20N2O2S. The quantitative estimate of drug-likeness (QED) is 0.773. The Bertz CT molecular complexity index is 421. The van der Waals surface area contributed by atoms with Crippen molar-refractivity contribution in [3.63, 3.8) is 0 Å². The molecule has 2 heterocycles. The highest BCUT2D eigenvalue weighted by Gasteiger charge is 2.41. The molecule has 4 nitrogen and oxygen atoms in total. The number of carboxylic acids is 1. The van der Waals surface area contributed by atoms with Gasteiger partial charge in [0.2, 0.25) is 0 Å². The average Bonchev–Trinajstić information content (AvgIpc) is 2.73. The lowest BCUT2D eigenvalue weighted by atomic mass is 9.88. The van der Waals surface area contributed by atoms with Crippen LogP contribution in [-0.2, 0) is 4.79 Å². The van der Waals surface area contributed by atoms with E-state index >= 15 is 0 Å². The molecule has 2 aliphatic heterocycles. The van der Waals surface area contributed by atoms with E-state index in [1.54, 1.807) is 0 Å². The Kier molecular flexibility index (Phi) is 3.71. The SMILES string of the molecule is CCC1=C2C(C(=O)O)CCN2C(S)=N[C@H]1C(C)C. The van der Waals surface area contributed by atoms with E-state index in [1.165, 1.54) is 5.57 Å². The third kappa shape index (κ3) is 2.05. The van der Waals surface area contributed by atoms with Gasteiger partial charge >= 0.3 is 5.97 Å². The second-order valence-corrected chi connectivity index (χ2v) is 5.61. The summed E-state index contributed by atoms with van der Waals surface area (Å²) in [7, 11) is 0. The van der Waals surface area contributed by atoms with Crippen molar-refractivity contribution >= 4 is 23.8 Å². The lowest BCUT2D eigenvalue weighted by Crippen LogP contribution is -2.35. The Morgan fingerprint density at radius 3 is 2.78 bits per heavy atom. The number of thiol groups is 1. The topological polar surface area (TPSA) is 52.9 Å². The van der Waals surface area contributed by atoms with Crippen LogP contribution in [0.1, 0.15) is 33.6 Å². The van der Waals surface area contributed by atoms with Gasteiger partial charge in [-0.3, -0.25) is 9.79 Å². The average molecular weight is 268 g/mol. The van der Waals surface area contributed by atoms with Crippen molar-refractivity contribution in [2.45, 2.75) is 39.7 Å². The number of hydrogen-bond acceptors (Lipinski definition) is 3. The molecule has 2 rings (SSSR count). The highest BCUT2D eigenvalue weighted by Crippen LogP contribution is 2.39. The molecule has 0 aliphatic carbocycles. The zero-order valence-electron chi connectivity index (χ0n) is 11.1. The molecule has 0 amide bonds. The van der Waals surface area contributed by atoms with Crippen molar-refractivity contribution in [1.82, 2.24) is 4.90 Å². The summed E-state index contributed by atoms with van der Waals surface area (Å²) >= 11 is 4.43. The largest absolute Gasteiger partial charge is 0.481 e. The summed E-state index contributed by atoms with van der Waals surface area (Å²) in [6, 6.07) is 0.0775. The minimum atomic E-state index is -0.732. The van der Waals surface area contributed by atoms with Gasteiger partial charge in [-0.05, 0) is 24.3 Å². The van der Waals surface area contributed by atoms with Crippen LogP contribution in [-0.4, -0.2) is 33.7 Å². The lowest BCUT2D eigenvalue weighted by molar-refractivity contribution is -0.140. The zero-order chi connectivity index (χ0) is 13.4. The van der Waals surface area contributed by atoms with Gasteiger partial charge in [0.25, 0.3) is 0 Å². The summed E-state index contributed by atoms with van der Waals surface area (Å²) in [5.41, 5.74) is 2.12. The molecule has 1 saturated heterocycles. The lowest BCUT2D eigenvalue weighted by Gasteiger charge is -2.33. The summed E-state index contributed by atoms with van der Waals surface area (Å²) < 4.78 is 0. The van der Waals surface area contributed by atoms with E-state index < -0.39 is 5.97 Å². The first-order valence-electron chi connectivity index (χ1n) is 6.47. The maximum atomic E-state index is 11.4. The molecule has 5 heteroatoms. The van der Waals surface area contributed by atoms with Gasteiger partial charge in [-0.2, -0.15) is 0 Å². The van der Waals surface area contributed by atoms with Gasteiger partial charge in [0.15, 0.2) is 5.17 Å². The Morgan fingerprint density at radius 2 is 2.28 bits per heavy atom. The smallest absolute Gasteiger partial charge is 0.312 e. The second kappa shape index (κ2) is 4.96. The van der Waals surface area contributed by atoms with Gasteiger partial charge < -0.3 is 10.0 Å². The maximum absolute atomic E-state index is 11.4. The highest BCUT2D eigenvalue weighted by molar-refractivity contribution is 7.96. The van der Waals surface area contributed by atoms with Crippen LogP contribution in [0.3, 0.4) is 0 Å². The van der Waals surface area contributed by atoms with Crippen molar-refractivity contribution in [3.8, 4) is 0 Å². The third-order valence-corrected chi connectivity index (χ3v) is 4.11. The number of hydrogen-bond donors (Lipinski definition) is 2. The molecule has 0 saturated carbocycles. The van der Waals surface area contributed by atoms with E-state index in [4.69, 9.17) is 0 Å². The number of carbonyl (C=O) groups is 1. The fraction of sp³-hybridized carbons (Fsp3) is 0.692. The van der Waals surface area contributed by atoms with Crippen LogP contribution in [0, 0.1) is 11.8 Å². The van der Waals surface area contributed by atoms with E-state index in [9.17, 15) is 9.90 Å². The van der Waals surface area contributed by atoms with E-state index in [2.05, 4.69) is 38.4 Å². The minimum Gasteiger partial charge on any atom is -0.481 e. The normalized spacial score (nSPS) is 27.6. The number of nitrogens with zero attached hydrogens (tertiary/aromatic N) is 2. The molecule has 2 aliphatic rings. The number of rotatable bonds is 3. The predicted molar refractivity (Wildman–Crippen MR) is 74.8 cm³/mol. The molecule has 0 bridgehead atoms. The van der Waals surface area contributed by atoms with Gasteiger partial charge in [-0.15, -0.1) is 12.6 Å². The first-order chi connectivity index (χ1) is 8.47. The summed E-state index contributed by atoms with van der Waals surface area (Å²) in [6.45, 7) is 7.02. The molecule has 1 unspecified atom stereocenters. The van der Waals surface area contributed by atoms with Crippen LogP contribution < -0.4 is 0 Å². The molecule has 0 aromatic heterocycles. The molecule has 0 aromatic rings. The highest BCUT2D eigenvalue weighted by atomic mass is 32.1. The fourth-order valence-electron chi connectivity index (χ4n) is 2.91. The van der Waals surface area contributed by atoms with Crippen molar-refractivity contribution in [3.05, 3.63) is 11.3 Å². The van der Waals surface area contributed by atoms with Crippen molar-refractivity contribution in [2.75, 3.05) is 6.54 Å². The number of carboxylic acid groups (broad SMARTS) is 1. The summed E-state index contributed by atoms with van der Waals surface area (Å²) in [5, 5.41) is 10.0. The minimum absolute atomic E-state index is 0.0775. The first-order valence-corrected chi connectivity index (χ1v) is 6.92.